The summed E-state index contributed by atoms with van der Waals surface area (Å²) in [5.41, 5.74) is 0.378. The second kappa shape index (κ2) is 3.46. The zero-order chi connectivity index (χ0) is 9.31. The van der Waals surface area contributed by atoms with Gasteiger partial charge in [0.15, 0.2) is 0 Å². The van der Waals surface area contributed by atoms with Crippen LogP contribution in [0.15, 0.2) is 0 Å². The number of carbonyl (C=O) groups excluding carboxylic acids is 1. The van der Waals surface area contributed by atoms with Gasteiger partial charge < -0.3 is 10.2 Å². The van der Waals surface area contributed by atoms with E-state index in [4.69, 9.17) is 11.6 Å². The molecule has 13 heavy (non-hydrogen) atoms. The normalized spacial score (nSPS) is 25.8. The zero-order valence-corrected chi connectivity index (χ0v) is 8.44. The zero-order valence-electron chi connectivity index (χ0n) is 7.68. The van der Waals surface area contributed by atoms with E-state index < -0.39 is 0 Å². The number of amides is 1. The van der Waals surface area contributed by atoms with Crippen molar-refractivity contribution in [3.63, 3.8) is 0 Å². The second-order valence-electron chi connectivity index (χ2n) is 3.97. The van der Waals surface area contributed by atoms with Gasteiger partial charge in [0, 0.05) is 18.6 Å². The predicted octanol–water partition coefficient (Wildman–Crippen LogP) is 0.580. The van der Waals surface area contributed by atoms with Gasteiger partial charge in [0.05, 0.1) is 0 Å². The lowest BCUT2D eigenvalue weighted by Gasteiger charge is -2.48. The molecule has 0 radical (unpaired) electrons. The van der Waals surface area contributed by atoms with Crippen LogP contribution in [0.2, 0.25) is 0 Å². The van der Waals surface area contributed by atoms with Gasteiger partial charge in [0.25, 0.3) is 0 Å². The van der Waals surface area contributed by atoms with Crippen LogP contribution in [0.1, 0.15) is 19.3 Å². The third-order valence-corrected chi connectivity index (χ3v) is 3.52. The molecule has 2 fully saturated rings. The Morgan fingerprint density at radius 2 is 2.00 bits per heavy atom. The number of likely N-dealkylation sites (tertiary alicyclic amines) is 1. The summed E-state index contributed by atoms with van der Waals surface area (Å²) < 4.78 is 0. The van der Waals surface area contributed by atoms with E-state index in [1.165, 1.54) is 6.42 Å². The van der Waals surface area contributed by atoms with Crippen LogP contribution >= 0.6 is 11.6 Å². The van der Waals surface area contributed by atoms with E-state index in [1.54, 1.807) is 0 Å². The van der Waals surface area contributed by atoms with E-state index in [1.807, 2.05) is 4.90 Å². The summed E-state index contributed by atoms with van der Waals surface area (Å²) in [6.45, 7) is 2.89. The summed E-state index contributed by atoms with van der Waals surface area (Å²) >= 11 is 5.50. The topological polar surface area (TPSA) is 32.3 Å². The fourth-order valence-corrected chi connectivity index (χ4v) is 2.34. The SMILES string of the molecule is O=C(CCl)N1CCC2(CCN2)CC1. The van der Waals surface area contributed by atoms with Crippen LogP contribution in [0.5, 0.6) is 0 Å². The van der Waals surface area contributed by atoms with Crippen LogP contribution in [0.3, 0.4) is 0 Å². The maximum atomic E-state index is 11.3. The standard InChI is InChI=1S/C9H15ClN2O/c10-7-8(13)12-5-2-9(3-6-12)1-4-11-9/h11H,1-7H2. The minimum absolute atomic E-state index is 0.0795. The number of hydrogen-bond acceptors (Lipinski definition) is 2. The highest BCUT2D eigenvalue weighted by Gasteiger charge is 2.39. The highest BCUT2D eigenvalue weighted by Crippen LogP contribution is 2.30. The first-order chi connectivity index (χ1) is 6.26. The molecule has 2 aliphatic heterocycles. The Morgan fingerprint density at radius 1 is 1.38 bits per heavy atom. The maximum absolute atomic E-state index is 11.3. The van der Waals surface area contributed by atoms with Gasteiger partial charge in [0.1, 0.15) is 5.88 Å². The lowest BCUT2D eigenvalue weighted by Crippen LogP contribution is -2.62. The van der Waals surface area contributed by atoms with E-state index >= 15 is 0 Å². The second-order valence-corrected chi connectivity index (χ2v) is 4.24. The van der Waals surface area contributed by atoms with Gasteiger partial charge in [0.2, 0.25) is 5.91 Å². The van der Waals surface area contributed by atoms with E-state index in [0.29, 0.717) is 5.54 Å². The molecular weight excluding hydrogens is 188 g/mol. The van der Waals surface area contributed by atoms with Gasteiger partial charge in [-0.2, -0.15) is 0 Å². The molecule has 74 valence electrons. The Bertz CT molecular complexity index is 206. The largest absolute Gasteiger partial charge is 0.342 e. The lowest BCUT2D eigenvalue weighted by molar-refractivity contribution is -0.130. The Kier molecular flexibility index (Phi) is 2.47. The van der Waals surface area contributed by atoms with Gasteiger partial charge in [-0.1, -0.05) is 0 Å². The monoisotopic (exact) mass is 202 g/mol. The Balaban J connectivity index is 1.85. The molecule has 0 aromatic carbocycles. The van der Waals surface area contributed by atoms with Crippen LogP contribution in [0, 0.1) is 0 Å². The molecule has 0 aliphatic carbocycles. The molecule has 1 amide bonds. The van der Waals surface area contributed by atoms with E-state index in [2.05, 4.69) is 5.32 Å². The summed E-state index contributed by atoms with van der Waals surface area (Å²) in [6.07, 6.45) is 3.46. The molecule has 2 saturated heterocycles. The minimum atomic E-state index is 0.0795. The number of halogens is 1. The smallest absolute Gasteiger partial charge is 0.237 e. The van der Waals surface area contributed by atoms with Crippen molar-refractivity contribution in [1.29, 1.82) is 0 Å². The van der Waals surface area contributed by atoms with Crippen molar-refractivity contribution in [3.8, 4) is 0 Å². The summed E-state index contributed by atoms with van der Waals surface area (Å²) in [5, 5.41) is 3.47. The van der Waals surface area contributed by atoms with Crippen molar-refractivity contribution in [2.45, 2.75) is 24.8 Å². The Labute approximate surface area is 83.4 Å². The molecule has 2 aliphatic rings. The molecule has 0 aromatic heterocycles. The molecular formula is C9H15ClN2O. The lowest BCUT2D eigenvalue weighted by atomic mass is 9.79. The van der Waals surface area contributed by atoms with Crippen molar-refractivity contribution in [2.24, 2.45) is 0 Å². The van der Waals surface area contributed by atoms with Gasteiger partial charge in [-0.3, -0.25) is 4.79 Å². The average molecular weight is 203 g/mol. The molecule has 0 bridgehead atoms. The van der Waals surface area contributed by atoms with E-state index in [0.717, 1.165) is 32.5 Å². The van der Waals surface area contributed by atoms with Crippen molar-refractivity contribution in [2.75, 3.05) is 25.5 Å². The molecule has 3 nitrogen and oxygen atoms in total. The van der Waals surface area contributed by atoms with Crippen molar-refractivity contribution in [3.05, 3.63) is 0 Å². The van der Waals surface area contributed by atoms with Crippen molar-refractivity contribution < 1.29 is 4.79 Å². The quantitative estimate of drug-likeness (QED) is 0.631. The molecule has 1 N–H and O–H groups in total. The molecule has 2 rings (SSSR count). The first kappa shape index (κ1) is 9.28. The first-order valence-electron chi connectivity index (χ1n) is 4.85. The van der Waals surface area contributed by atoms with Crippen LogP contribution in [-0.4, -0.2) is 41.9 Å². The summed E-state index contributed by atoms with van der Waals surface area (Å²) in [6, 6.07) is 0. The van der Waals surface area contributed by atoms with Crippen molar-refractivity contribution >= 4 is 17.5 Å². The van der Waals surface area contributed by atoms with Gasteiger partial charge in [-0.05, 0) is 25.8 Å². The van der Waals surface area contributed by atoms with Crippen LogP contribution in [-0.2, 0) is 4.79 Å². The van der Waals surface area contributed by atoms with Crippen LogP contribution in [0.4, 0.5) is 0 Å². The summed E-state index contributed by atoms with van der Waals surface area (Å²) in [7, 11) is 0. The predicted molar refractivity (Wildman–Crippen MR) is 51.9 cm³/mol. The van der Waals surface area contributed by atoms with Crippen LogP contribution in [0.25, 0.3) is 0 Å². The number of rotatable bonds is 1. The molecule has 1 spiro atoms. The van der Waals surface area contributed by atoms with Gasteiger partial charge >= 0.3 is 0 Å². The fraction of sp³-hybridized carbons (Fsp3) is 0.889. The third kappa shape index (κ3) is 1.67. The number of carbonyl (C=O) groups is 1. The summed E-state index contributed by atoms with van der Waals surface area (Å²) in [5.74, 6) is 0.205. The van der Waals surface area contributed by atoms with Crippen molar-refractivity contribution in [1.82, 2.24) is 10.2 Å². The van der Waals surface area contributed by atoms with Gasteiger partial charge in [-0.25, -0.2) is 0 Å². The number of nitrogens with one attached hydrogen (secondary N) is 1. The molecule has 4 heteroatoms. The number of alkyl halides is 1. The molecule has 0 atom stereocenters. The number of piperidine rings is 1. The molecule has 2 heterocycles. The molecule has 0 saturated carbocycles. The number of nitrogens with zero attached hydrogens (tertiary/aromatic N) is 1. The molecule has 0 unspecified atom stereocenters. The van der Waals surface area contributed by atoms with Gasteiger partial charge in [-0.15, -0.1) is 11.6 Å². The first-order valence-corrected chi connectivity index (χ1v) is 5.38. The number of hydrogen-bond donors (Lipinski definition) is 1. The highest BCUT2D eigenvalue weighted by atomic mass is 35.5. The third-order valence-electron chi connectivity index (χ3n) is 3.29. The fourth-order valence-electron chi connectivity index (χ4n) is 2.17. The Hall–Kier alpha value is -0.280. The van der Waals surface area contributed by atoms with E-state index in [-0.39, 0.29) is 11.8 Å². The maximum Gasteiger partial charge on any atom is 0.237 e. The van der Waals surface area contributed by atoms with E-state index in [9.17, 15) is 4.79 Å². The Morgan fingerprint density at radius 3 is 2.38 bits per heavy atom. The minimum Gasteiger partial charge on any atom is -0.342 e. The van der Waals surface area contributed by atoms with Crippen LogP contribution < -0.4 is 5.32 Å². The summed E-state index contributed by atoms with van der Waals surface area (Å²) in [4.78, 5) is 13.1. The average Bonchev–Trinajstić information content (AvgIpc) is 2.14. The highest BCUT2D eigenvalue weighted by molar-refractivity contribution is 6.27. The molecule has 0 aromatic rings.